The number of ether oxygens (including phenoxy) is 1. The first-order valence-corrected chi connectivity index (χ1v) is 6.90. The Kier molecular flexibility index (Phi) is 3.57. The molecule has 1 aromatic heterocycles. The Morgan fingerprint density at radius 1 is 1.42 bits per heavy atom. The molecule has 5 heteroatoms. The Balaban J connectivity index is 1.78. The van der Waals surface area contributed by atoms with E-state index in [2.05, 4.69) is 5.32 Å². The van der Waals surface area contributed by atoms with E-state index in [1.807, 2.05) is 11.0 Å². The van der Waals surface area contributed by atoms with Crippen LogP contribution in [-0.4, -0.2) is 43.1 Å². The maximum absolute atomic E-state index is 12.6. The number of carbonyl (C=O) groups is 1. The Bertz CT molecular complexity index is 443. The molecule has 0 radical (unpaired) electrons. The second-order valence-corrected chi connectivity index (χ2v) is 5.29. The number of nitrogens with zero attached hydrogens (tertiary/aromatic N) is 1. The highest BCUT2D eigenvalue weighted by Gasteiger charge is 2.39. The van der Waals surface area contributed by atoms with Gasteiger partial charge >= 0.3 is 0 Å². The van der Waals surface area contributed by atoms with Crippen LogP contribution in [0.4, 0.5) is 0 Å². The minimum absolute atomic E-state index is 0.0264. The van der Waals surface area contributed by atoms with E-state index in [9.17, 15) is 4.79 Å². The minimum Gasteiger partial charge on any atom is -0.453 e. The van der Waals surface area contributed by atoms with Crippen molar-refractivity contribution in [3.05, 3.63) is 23.7 Å². The van der Waals surface area contributed by atoms with E-state index in [0.717, 1.165) is 32.4 Å². The molecule has 104 valence electrons. The van der Waals surface area contributed by atoms with Crippen molar-refractivity contribution in [3.63, 3.8) is 0 Å². The summed E-state index contributed by atoms with van der Waals surface area (Å²) in [7, 11) is 1.62. The summed E-state index contributed by atoms with van der Waals surface area (Å²) in [6, 6.07) is 4.25. The van der Waals surface area contributed by atoms with Crippen LogP contribution in [0.3, 0.4) is 0 Å². The quantitative estimate of drug-likeness (QED) is 0.896. The third-order valence-electron chi connectivity index (χ3n) is 4.05. The van der Waals surface area contributed by atoms with Crippen molar-refractivity contribution >= 4 is 5.91 Å². The fourth-order valence-corrected chi connectivity index (χ4v) is 3.15. The third-order valence-corrected chi connectivity index (χ3v) is 4.05. The lowest BCUT2D eigenvalue weighted by Crippen LogP contribution is -2.42. The van der Waals surface area contributed by atoms with Gasteiger partial charge in [-0.3, -0.25) is 4.79 Å². The Hall–Kier alpha value is -1.33. The van der Waals surface area contributed by atoms with Crippen LogP contribution in [0.15, 0.2) is 16.5 Å². The number of hydrogen-bond donors (Lipinski definition) is 1. The zero-order chi connectivity index (χ0) is 13.2. The van der Waals surface area contributed by atoms with Crippen molar-refractivity contribution in [1.82, 2.24) is 10.2 Å². The Labute approximate surface area is 112 Å². The van der Waals surface area contributed by atoms with Gasteiger partial charge in [-0.05, 0) is 37.9 Å². The number of fused-ring (bicyclic) bond motifs is 2. The number of rotatable bonds is 3. The summed E-state index contributed by atoms with van der Waals surface area (Å²) in [6.07, 6.45) is 3.24. The van der Waals surface area contributed by atoms with E-state index in [1.165, 1.54) is 0 Å². The lowest BCUT2D eigenvalue weighted by molar-refractivity contribution is 0.0640. The number of hydrogen-bond acceptors (Lipinski definition) is 4. The van der Waals surface area contributed by atoms with E-state index in [1.54, 1.807) is 13.2 Å². The second-order valence-electron chi connectivity index (χ2n) is 5.29. The fraction of sp³-hybridized carbons (Fsp3) is 0.643. The van der Waals surface area contributed by atoms with Crippen LogP contribution in [-0.2, 0) is 11.3 Å². The van der Waals surface area contributed by atoms with Crippen molar-refractivity contribution in [1.29, 1.82) is 0 Å². The highest BCUT2D eigenvalue weighted by molar-refractivity contribution is 5.92. The first-order valence-electron chi connectivity index (χ1n) is 6.90. The topological polar surface area (TPSA) is 54.7 Å². The minimum atomic E-state index is 0.0264. The maximum atomic E-state index is 12.6. The molecule has 5 nitrogen and oxygen atoms in total. The Morgan fingerprint density at radius 2 is 2.26 bits per heavy atom. The van der Waals surface area contributed by atoms with Crippen LogP contribution < -0.4 is 5.32 Å². The molecule has 19 heavy (non-hydrogen) atoms. The van der Waals surface area contributed by atoms with Crippen molar-refractivity contribution in [2.75, 3.05) is 20.2 Å². The summed E-state index contributed by atoms with van der Waals surface area (Å²) in [5, 5.41) is 3.40. The van der Waals surface area contributed by atoms with Gasteiger partial charge in [0.1, 0.15) is 12.4 Å². The fourth-order valence-electron chi connectivity index (χ4n) is 3.15. The molecule has 1 amide bonds. The molecule has 2 aliphatic rings. The van der Waals surface area contributed by atoms with Gasteiger partial charge in [0.15, 0.2) is 5.76 Å². The molecule has 0 saturated carbocycles. The van der Waals surface area contributed by atoms with E-state index in [-0.39, 0.29) is 5.91 Å². The number of amides is 1. The van der Waals surface area contributed by atoms with Gasteiger partial charge in [0.2, 0.25) is 0 Å². The van der Waals surface area contributed by atoms with Crippen LogP contribution in [0.1, 0.15) is 35.6 Å². The maximum Gasteiger partial charge on any atom is 0.290 e. The summed E-state index contributed by atoms with van der Waals surface area (Å²) in [6.45, 7) is 2.30. The molecule has 2 atom stereocenters. The predicted octanol–water partition coefficient (Wildman–Crippen LogP) is 1.39. The lowest BCUT2D eigenvalue weighted by atomic mass is 10.1. The average Bonchev–Trinajstić information content (AvgIpc) is 2.93. The summed E-state index contributed by atoms with van der Waals surface area (Å²) in [4.78, 5) is 14.6. The molecule has 2 fully saturated rings. The standard InChI is InChI=1S/C14H20N2O3/c1-18-9-12-4-5-13(19-12)14(17)16-10-2-3-11(16)8-15-7-6-10/h4-5,10-11,15H,2-3,6-9H2,1H3. The number of methoxy groups -OCH3 is 1. The average molecular weight is 264 g/mol. The summed E-state index contributed by atoms with van der Waals surface area (Å²) in [5.74, 6) is 1.16. The molecule has 3 heterocycles. The first kappa shape index (κ1) is 12.7. The van der Waals surface area contributed by atoms with Gasteiger partial charge < -0.3 is 19.4 Å². The van der Waals surface area contributed by atoms with Gasteiger partial charge in [-0.25, -0.2) is 0 Å². The smallest absolute Gasteiger partial charge is 0.290 e. The van der Waals surface area contributed by atoms with Gasteiger partial charge in [0.05, 0.1) is 0 Å². The molecule has 3 rings (SSSR count). The van der Waals surface area contributed by atoms with Crippen molar-refractivity contribution < 1.29 is 13.9 Å². The van der Waals surface area contributed by atoms with Crippen LogP contribution in [0, 0.1) is 0 Å². The van der Waals surface area contributed by atoms with Crippen LogP contribution >= 0.6 is 0 Å². The second kappa shape index (κ2) is 5.35. The summed E-state index contributed by atoms with van der Waals surface area (Å²) >= 11 is 0. The van der Waals surface area contributed by atoms with Crippen LogP contribution in [0.5, 0.6) is 0 Å². The van der Waals surface area contributed by atoms with E-state index >= 15 is 0 Å². The molecule has 1 N–H and O–H groups in total. The monoisotopic (exact) mass is 264 g/mol. The molecular formula is C14H20N2O3. The Morgan fingerprint density at radius 3 is 3.11 bits per heavy atom. The van der Waals surface area contributed by atoms with E-state index in [4.69, 9.17) is 9.15 Å². The lowest BCUT2D eigenvalue weighted by Gasteiger charge is -2.26. The van der Waals surface area contributed by atoms with Crippen LogP contribution in [0.25, 0.3) is 0 Å². The molecule has 2 aliphatic heterocycles. The number of nitrogens with one attached hydrogen (secondary N) is 1. The van der Waals surface area contributed by atoms with E-state index in [0.29, 0.717) is 30.2 Å². The highest BCUT2D eigenvalue weighted by Crippen LogP contribution is 2.29. The first-order chi connectivity index (χ1) is 9.29. The zero-order valence-corrected chi connectivity index (χ0v) is 11.2. The molecule has 0 spiro atoms. The summed E-state index contributed by atoms with van der Waals surface area (Å²) in [5.41, 5.74) is 0. The third kappa shape index (κ3) is 2.40. The van der Waals surface area contributed by atoms with Gasteiger partial charge in [-0.15, -0.1) is 0 Å². The largest absolute Gasteiger partial charge is 0.453 e. The molecule has 2 bridgehead atoms. The zero-order valence-electron chi connectivity index (χ0n) is 11.2. The molecular weight excluding hydrogens is 244 g/mol. The summed E-state index contributed by atoms with van der Waals surface area (Å²) < 4.78 is 10.6. The van der Waals surface area contributed by atoms with Gasteiger partial charge in [-0.2, -0.15) is 0 Å². The number of carbonyl (C=O) groups excluding carboxylic acids is 1. The molecule has 0 aliphatic carbocycles. The van der Waals surface area contributed by atoms with E-state index < -0.39 is 0 Å². The van der Waals surface area contributed by atoms with Crippen molar-refractivity contribution in [3.8, 4) is 0 Å². The SMILES string of the molecule is COCc1ccc(C(=O)N2C3CCNCC2CC3)o1. The number of furan rings is 1. The van der Waals surface area contributed by atoms with Crippen molar-refractivity contribution in [2.45, 2.75) is 38.0 Å². The van der Waals surface area contributed by atoms with Gasteiger partial charge in [0.25, 0.3) is 5.91 Å². The van der Waals surface area contributed by atoms with Gasteiger partial charge in [0, 0.05) is 25.7 Å². The van der Waals surface area contributed by atoms with Crippen molar-refractivity contribution in [2.24, 2.45) is 0 Å². The highest BCUT2D eigenvalue weighted by atomic mass is 16.5. The molecule has 1 aromatic rings. The molecule has 2 unspecified atom stereocenters. The molecule has 0 aromatic carbocycles. The van der Waals surface area contributed by atoms with Crippen LogP contribution in [0.2, 0.25) is 0 Å². The normalized spacial score (nSPS) is 26.5. The van der Waals surface area contributed by atoms with Gasteiger partial charge in [-0.1, -0.05) is 0 Å². The molecule has 2 saturated heterocycles. The predicted molar refractivity (Wildman–Crippen MR) is 69.9 cm³/mol.